The van der Waals surface area contributed by atoms with Crippen molar-refractivity contribution in [2.24, 2.45) is 0 Å². The number of hydrogen-bond acceptors (Lipinski definition) is 2. The number of halogens is 1. The summed E-state index contributed by atoms with van der Waals surface area (Å²) in [5, 5.41) is 10.7. The topological polar surface area (TPSA) is 23.5 Å². The van der Waals surface area contributed by atoms with Gasteiger partial charge in [0, 0.05) is 24.7 Å². The van der Waals surface area contributed by atoms with Crippen LogP contribution in [0.5, 0.6) is 0 Å². The first-order valence-corrected chi connectivity index (χ1v) is 6.04. The summed E-state index contributed by atoms with van der Waals surface area (Å²) in [4.78, 5) is 2.25. The number of aliphatic hydroxyl groups is 1. The number of hydrogen-bond donors (Lipinski definition) is 1. The predicted octanol–water partition coefficient (Wildman–Crippen LogP) is 2.61. The second-order valence-electron chi connectivity index (χ2n) is 5.05. The molecule has 88 valence electrons. The van der Waals surface area contributed by atoms with Crippen LogP contribution < -0.4 is 0 Å². The third-order valence-corrected chi connectivity index (χ3v) is 3.49. The Hall–Kier alpha value is -0.570. The Bertz CT molecular complexity index is 390. The highest BCUT2D eigenvalue weighted by Crippen LogP contribution is 2.25. The fourth-order valence-corrected chi connectivity index (χ4v) is 2.49. The maximum absolute atomic E-state index is 9.88. The summed E-state index contributed by atoms with van der Waals surface area (Å²) < 4.78 is 0. The monoisotopic (exact) mass is 239 g/mol. The van der Waals surface area contributed by atoms with Gasteiger partial charge in [-0.15, -0.1) is 0 Å². The number of aryl methyl sites for hydroxylation is 1. The van der Waals surface area contributed by atoms with Gasteiger partial charge in [-0.05, 0) is 37.5 Å². The first kappa shape index (κ1) is 11.9. The van der Waals surface area contributed by atoms with Crippen molar-refractivity contribution < 1.29 is 5.11 Å². The van der Waals surface area contributed by atoms with Gasteiger partial charge in [-0.2, -0.15) is 0 Å². The van der Waals surface area contributed by atoms with E-state index < -0.39 is 5.60 Å². The minimum atomic E-state index is -0.531. The molecule has 0 radical (unpaired) electrons. The Kier molecular flexibility index (Phi) is 3.24. The molecular weight excluding hydrogens is 222 g/mol. The number of nitrogens with zero attached hydrogens (tertiary/aromatic N) is 1. The van der Waals surface area contributed by atoms with E-state index in [4.69, 9.17) is 11.6 Å². The molecule has 3 heteroatoms. The van der Waals surface area contributed by atoms with E-state index in [0.717, 1.165) is 36.6 Å². The van der Waals surface area contributed by atoms with Crippen LogP contribution in [0, 0.1) is 6.92 Å². The number of benzene rings is 1. The summed E-state index contributed by atoms with van der Waals surface area (Å²) in [5.41, 5.74) is 1.80. The first-order chi connectivity index (χ1) is 7.46. The molecule has 1 saturated heterocycles. The zero-order valence-electron chi connectivity index (χ0n) is 9.83. The summed E-state index contributed by atoms with van der Waals surface area (Å²) in [7, 11) is 0. The molecule has 1 unspecified atom stereocenters. The molecule has 0 amide bonds. The number of β-amino-alcohol motifs (C(OH)–C–C–N with tert-alkyl or cyclic N) is 1. The first-order valence-electron chi connectivity index (χ1n) is 5.66. The van der Waals surface area contributed by atoms with Crippen LogP contribution in [0.15, 0.2) is 18.2 Å². The highest BCUT2D eigenvalue weighted by Gasteiger charge is 2.31. The summed E-state index contributed by atoms with van der Waals surface area (Å²) in [5.74, 6) is 0. The standard InChI is InChI=1S/C13H18ClNO/c1-10-3-4-11(12(14)7-10)8-15-6-5-13(2,16)9-15/h3-4,7,16H,5-6,8-9H2,1-2H3. The highest BCUT2D eigenvalue weighted by molar-refractivity contribution is 6.31. The van der Waals surface area contributed by atoms with Crippen LogP contribution in [0.3, 0.4) is 0 Å². The van der Waals surface area contributed by atoms with Crippen LogP contribution in [-0.4, -0.2) is 28.7 Å². The maximum Gasteiger partial charge on any atom is 0.0758 e. The zero-order chi connectivity index (χ0) is 11.8. The van der Waals surface area contributed by atoms with E-state index in [9.17, 15) is 5.11 Å². The third kappa shape index (κ3) is 2.76. The smallest absolute Gasteiger partial charge is 0.0758 e. The maximum atomic E-state index is 9.88. The lowest BCUT2D eigenvalue weighted by molar-refractivity contribution is 0.0679. The molecule has 2 rings (SSSR count). The molecule has 0 aromatic heterocycles. The quantitative estimate of drug-likeness (QED) is 0.858. The normalized spacial score (nSPS) is 26.2. The minimum Gasteiger partial charge on any atom is -0.389 e. The van der Waals surface area contributed by atoms with E-state index in [1.54, 1.807) is 0 Å². The van der Waals surface area contributed by atoms with E-state index in [2.05, 4.69) is 17.0 Å². The van der Waals surface area contributed by atoms with Crippen LogP contribution in [-0.2, 0) is 6.54 Å². The predicted molar refractivity (Wildman–Crippen MR) is 66.7 cm³/mol. The fraction of sp³-hybridized carbons (Fsp3) is 0.538. The van der Waals surface area contributed by atoms with Gasteiger partial charge in [0.05, 0.1) is 5.60 Å². The molecular formula is C13H18ClNO. The lowest BCUT2D eigenvalue weighted by Gasteiger charge is -2.19. The number of likely N-dealkylation sites (tertiary alicyclic amines) is 1. The molecule has 0 aliphatic carbocycles. The van der Waals surface area contributed by atoms with Crippen LogP contribution in [0.4, 0.5) is 0 Å². The largest absolute Gasteiger partial charge is 0.389 e. The molecule has 0 spiro atoms. The summed E-state index contributed by atoms with van der Waals surface area (Å²) in [6, 6.07) is 6.14. The van der Waals surface area contributed by atoms with Crippen LogP contribution >= 0.6 is 11.6 Å². The van der Waals surface area contributed by atoms with Gasteiger partial charge >= 0.3 is 0 Å². The Labute approximate surface area is 102 Å². The molecule has 1 heterocycles. The molecule has 1 aromatic rings. The van der Waals surface area contributed by atoms with E-state index >= 15 is 0 Å². The van der Waals surface area contributed by atoms with Gasteiger partial charge in [-0.1, -0.05) is 23.7 Å². The van der Waals surface area contributed by atoms with Crippen molar-refractivity contribution in [1.82, 2.24) is 4.90 Å². The molecule has 16 heavy (non-hydrogen) atoms. The fourth-order valence-electron chi connectivity index (χ4n) is 2.20. The van der Waals surface area contributed by atoms with Gasteiger partial charge in [0.15, 0.2) is 0 Å². The van der Waals surface area contributed by atoms with Crippen molar-refractivity contribution in [3.63, 3.8) is 0 Å². The van der Waals surface area contributed by atoms with Crippen LogP contribution in [0.1, 0.15) is 24.5 Å². The van der Waals surface area contributed by atoms with Crippen molar-refractivity contribution in [2.75, 3.05) is 13.1 Å². The van der Waals surface area contributed by atoms with E-state index in [1.807, 2.05) is 19.9 Å². The molecule has 1 aliphatic rings. The van der Waals surface area contributed by atoms with E-state index in [0.29, 0.717) is 0 Å². The third-order valence-electron chi connectivity index (χ3n) is 3.13. The molecule has 1 aliphatic heterocycles. The van der Waals surface area contributed by atoms with Gasteiger partial charge in [-0.25, -0.2) is 0 Å². The molecule has 0 saturated carbocycles. The Balaban J connectivity index is 2.05. The summed E-state index contributed by atoms with van der Waals surface area (Å²) in [6.07, 6.45) is 0.844. The van der Waals surface area contributed by atoms with Gasteiger partial charge in [-0.3, -0.25) is 4.90 Å². The van der Waals surface area contributed by atoms with E-state index in [-0.39, 0.29) is 0 Å². The minimum absolute atomic E-state index is 0.531. The Morgan fingerprint density at radius 3 is 2.81 bits per heavy atom. The van der Waals surface area contributed by atoms with Gasteiger partial charge < -0.3 is 5.11 Å². The van der Waals surface area contributed by atoms with Gasteiger partial charge in [0.25, 0.3) is 0 Å². The second kappa shape index (κ2) is 4.36. The SMILES string of the molecule is Cc1ccc(CN2CCC(C)(O)C2)c(Cl)c1. The highest BCUT2D eigenvalue weighted by atomic mass is 35.5. The van der Waals surface area contributed by atoms with Crippen molar-refractivity contribution in [3.8, 4) is 0 Å². The average Bonchev–Trinajstić information content (AvgIpc) is 2.51. The van der Waals surface area contributed by atoms with Gasteiger partial charge in [0.2, 0.25) is 0 Å². The van der Waals surface area contributed by atoms with Crippen molar-refractivity contribution >= 4 is 11.6 Å². The molecule has 1 aromatic carbocycles. The van der Waals surface area contributed by atoms with Crippen molar-refractivity contribution in [2.45, 2.75) is 32.4 Å². The summed E-state index contributed by atoms with van der Waals surface area (Å²) >= 11 is 6.19. The molecule has 1 atom stereocenters. The Morgan fingerprint density at radius 2 is 2.25 bits per heavy atom. The van der Waals surface area contributed by atoms with Crippen molar-refractivity contribution in [3.05, 3.63) is 34.3 Å². The summed E-state index contributed by atoms with van der Waals surface area (Å²) in [6.45, 7) is 6.43. The molecule has 2 nitrogen and oxygen atoms in total. The van der Waals surface area contributed by atoms with Crippen LogP contribution in [0.2, 0.25) is 5.02 Å². The lowest BCUT2D eigenvalue weighted by Crippen LogP contribution is -2.29. The second-order valence-corrected chi connectivity index (χ2v) is 5.46. The van der Waals surface area contributed by atoms with Gasteiger partial charge in [0.1, 0.15) is 0 Å². The zero-order valence-corrected chi connectivity index (χ0v) is 10.6. The lowest BCUT2D eigenvalue weighted by atomic mass is 10.1. The average molecular weight is 240 g/mol. The number of rotatable bonds is 2. The van der Waals surface area contributed by atoms with Crippen LogP contribution in [0.25, 0.3) is 0 Å². The van der Waals surface area contributed by atoms with Crippen molar-refractivity contribution in [1.29, 1.82) is 0 Å². The Morgan fingerprint density at radius 1 is 1.50 bits per heavy atom. The molecule has 1 N–H and O–H groups in total. The van der Waals surface area contributed by atoms with E-state index in [1.165, 1.54) is 5.56 Å². The molecule has 1 fully saturated rings. The molecule has 0 bridgehead atoms.